The van der Waals surface area contributed by atoms with Crippen molar-refractivity contribution in [2.24, 2.45) is 0 Å². The second kappa shape index (κ2) is 7.58. The minimum absolute atomic E-state index is 0.142. The first-order valence-electron chi connectivity index (χ1n) is 4.81. The van der Waals surface area contributed by atoms with Gasteiger partial charge in [0.2, 0.25) is 0 Å². The Morgan fingerprint density at radius 2 is 1.31 bits per heavy atom. The summed E-state index contributed by atoms with van der Waals surface area (Å²) >= 11 is 0. The third-order valence-electron chi connectivity index (χ3n) is 1.57. The van der Waals surface area contributed by atoms with Gasteiger partial charge in [-0.05, 0) is 0 Å². The molecule has 0 saturated carbocycles. The van der Waals surface area contributed by atoms with Crippen molar-refractivity contribution in [2.75, 3.05) is 27.7 Å². The van der Waals surface area contributed by atoms with E-state index in [1.807, 2.05) is 0 Å². The van der Waals surface area contributed by atoms with Gasteiger partial charge in [0.15, 0.2) is 0 Å². The second-order valence-corrected chi connectivity index (χ2v) is 9.95. The van der Waals surface area contributed by atoms with Crippen LogP contribution in [0.5, 0.6) is 0 Å². The summed E-state index contributed by atoms with van der Waals surface area (Å²) in [6, 6.07) is 0. The van der Waals surface area contributed by atoms with Gasteiger partial charge in [0.25, 0.3) is 30.0 Å². The van der Waals surface area contributed by atoms with Gasteiger partial charge in [0.1, 0.15) is 0 Å². The van der Waals surface area contributed by atoms with Crippen LogP contribution in [0.1, 0.15) is 6.42 Å². The van der Waals surface area contributed by atoms with Crippen LogP contribution in [-0.4, -0.2) is 68.4 Å². The Balaban J connectivity index is 0.000000315. The largest absolute Gasteiger partial charge is 0.425 e. The summed E-state index contributed by atoms with van der Waals surface area (Å²) in [4.78, 5) is 0. The van der Waals surface area contributed by atoms with Crippen LogP contribution in [0.2, 0.25) is 0 Å². The zero-order valence-electron chi connectivity index (χ0n) is 9.84. The van der Waals surface area contributed by atoms with E-state index in [2.05, 4.69) is 0 Å². The van der Waals surface area contributed by atoms with E-state index in [1.54, 1.807) is 21.1 Å². The van der Waals surface area contributed by atoms with Crippen molar-refractivity contribution >= 4 is 30.0 Å². The van der Waals surface area contributed by atoms with E-state index in [4.69, 9.17) is 12.3 Å². The predicted molar refractivity (Wildman–Crippen MR) is 62.5 cm³/mol. The van der Waals surface area contributed by atoms with Crippen LogP contribution < -0.4 is 0 Å². The Hall–Kier alpha value is 0.281. The van der Waals surface area contributed by atoms with E-state index in [0.29, 0.717) is 4.48 Å². The molecule has 0 spiro atoms. The fourth-order valence-corrected chi connectivity index (χ4v) is 6.15. The number of hydrogen-bond acceptors (Lipinski definition) is 3. The molecule has 0 unspecified atom stereocenters. The highest BCUT2D eigenvalue weighted by atomic mass is 28.4. The zero-order chi connectivity index (χ0) is 12.7. The summed E-state index contributed by atoms with van der Waals surface area (Å²) in [5.41, 5.74) is 0. The Kier molecular flexibility index (Phi) is 7.71. The SMILES string of the molecule is C[N+](C)(C)CCC(F)(F)F.O1[SiH2]O[SiH2]O[SiH2]1. The number of nitrogens with zero attached hydrogens (tertiary/aromatic N) is 1. The molecule has 98 valence electrons. The third-order valence-corrected chi connectivity index (χ3v) is 5.57. The number of quaternary nitrogens is 1. The summed E-state index contributed by atoms with van der Waals surface area (Å²) in [6.07, 6.45) is -4.71. The van der Waals surface area contributed by atoms with Crippen LogP contribution in [-0.2, 0) is 12.3 Å². The molecular formula is C6H19F3NO3Si3+. The van der Waals surface area contributed by atoms with Gasteiger partial charge in [-0.2, -0.15) is 13.2 Å². The molecule has 0 bridgehead atoms. The molecule has 1 rings (SSSR count). The first-order valence-corrected chi connectivity index (χ1v) is 8.27. The van der Waals surface area contributed by atoms with Gasteiger partial charge >= 0.3 is 6.18 Å². The number of halogens is 3. The van der Waals surface area contributed by atoms with E-state index in [1.165, 1.54) is 0 Å². The second-order valence-electron chi connectivity index (χ2n) is 4.35. The van der Waals surface area contributed by atoms with Crippen molar-refractivity contribution in [3.8, 4) is 0 Å². The highest BCUT2D eigenvalue weighted by Gasteiger charge is 2.29. The average molecular weight is 294 g/mol. The highest BCUT2D eigenvalue weighted by Crippen LogP contribution is 2.20. The van der Waals surface area contributed by atoms with E-state index in [9.17, 15) is 13.2 Å². The quantitative estimate of drug-likeness (QED) is 0.468. The first kappa shape index (κ1) is 16.3. The molecule has 1 heterocycles. The van der Waals surface area contributed by atoms with Crippen LogP contribution in [0.3, 0.4) is 0 Å². The van der Waals surface area contributed by atoms with E-state index in [-0.39, 0.29) is 6.54 Å². The molecule has 1 saturated heterocycles. The fourth-order valence-electron chi connectivity index (χ4n) is 0.741. The van der Waals surface area contributed by atoms with E-state index in [0.717, 1.165) is 0 Å². The average Bonchev–Trinajstić information content (AvgIpc) is 2.17. The van der Waals surface area contributed by atoms with Crippen molar-refractivity contribution in [3.63, 3.8) is 0 Å². The smallest absolute Gasteiger partial charge is 0.394 e. The van der Waals surface area contributed by atoms with Crippen molar-refractivity contribution in [1.29, 1.82) is 0 Å². The standard InChI is InChI=1S/C6H13F3N.H6O3Si3/c1-10(2,3)5-4-6(7,8)9;1-4-2-6-3-5-1/h4-5H2,1-3H3;4-6H2/q+1;. The molecule has 1 aliphatic heterocycles. The molecule has 0 atom stereocenters. The van der Waals surface area contributed by atoms with Crippen LogP contribution in [0.25, 0.3) is 0 Å². The minimum Gasteiger partial charge on any atom is -0.425 e. The van der Waals surface area contributed by atoms with E-state index < -0.39 is 42.6 Å². The maximum Gasteiger partial charge on any atom is 0.394 e. The number of hydrogen-bond donors (Lipinski definition) is 0. The Labute approximate surface area is 101 Å². The van der Waals surface area contributed by atoms with Crippen LogP contribution >= 0.6 is 0 Å². The van der Waals surface area contributed by atoms with Crippen molar-refractivity contribution in [1.82, 2.24) is 0 Å². The molecule has 0 aromatic rings. The summed E-state index contributed by atoms with van der Waals surface area (Å²) in [6.45, 7) is 0.142. The van der Waals surface area contributed by atoms with Gasteiger partial charge in [0, 0.05) is 0 Å². The Morgan fingerprint density at radius 3 is 1.44 bits per heavy atom. The fraction of sp³-hybridized carbons (Fsp3) is 1.00. The summed E-state index contributed by atoms with van der Waals surface area (Å²) in [5, 5.41) is 0. The lowest BCUT2D eigenvalue weighted by atomic mass is 10.4. The lowest BCUT2D eigenvalue weighted by molar-refractivity contribution is -0.871. The molecule has 10 heteroatoms. The zero-order valence-corrected chi connectivity index (χ0v) is 14.1. The Morgan fingerprint density at radius 1 is 0.938 bits per heavy atom. The molecule has 0 aromatic carbocycles. The summed E-state index contributed by atoms with van der Waals surface area (Å²) in [7, 11) is 3.75. The molecule has 0 aromatic heterocycles. The summed E-state index contributed by atoms with van der Waals surface area (Å²) < 4.78 is 49.9. The maximum atomic E-state index is 11.6. The molecule has 1 aliphatic rings. The number of rotatable bonds is 2. The van der Waals surface area contributed by atoms with Crippen LogP contribution in [0.15, 0.2) is 0 Å². The monoisotopic (exact) mass is 294 g/mol. The molecule has 0 N–H and O–H groups in total. The summed E-state index contributed by atoms with van der Waals surface area (Å²) in [5.74, 6) is 0. The number of alkyl halides is 3. The lowest BCUT2D eigenvalue weighted by Gasteiger charge is -2.24. The Bertz CT molecular complexity index is 159. The minimum atomic E-state index is -4.01. The van der Waals surface area contributed by atoms with Crippen LogP contribution in [0.4, 0.5) is 13.2 Å². The van der Waals surface area contributed by atoms with Crippen molar-refractivity contribution in [3.05, 3.63) is 0 Å². The predicted octanol–water partition coefficient (Wildman–Crippen LogP) is -1.31. The van der Waals surface area contributed by atoms with Gasteiger partial charge in [-0.1, -0.05) is 0 Å². The normalized spacial score (nSPS) is 22.1. The lowest BCUT2D eigenvalue weighted by Crippen LogP contribution is -2.37. The highest BCUT2D eigenvalue weighted by molar-refractivity contribution is 6.50. The molecule has 1 fully saturated rings. The van der Waals surface area contributed by atoms with Crippen molar-refractivity contribution < 1.29 is 30.0 Å². The molecular weight excluding hydrogens is 275 g/mol. The molecule has 0 amide bonds. The van der Waals surface area contributed by atoms with Gasteiger partial charge in [-0.15, -0.1) is 0 Å². The molecule has 0 radical (unpaired) electrons. The van der Waals surface area contributed by atoms with Gasteiger partial charge < -0.3 is 16.8 Å². The van der Waals surface area contributed by atoms with Crippen molar-refractivity contribution in [2.45, 2.75) is 12.6 Å². The topological polar surface area (TPSA) is 27.7 Å². The maximum absolute atomic E-state index is 11.6. The van der Waals surface area contributed by atoms with Gasteiger partial charge in [0.05, 0.1) is 34.1 Å². The van der Waals surface area contributed by atoms with E-state index >= 15 is 0 Å². The van der Waals surface area contributed by atoms with Crippen LogP contribution in [0, 0.1) is 0 Å². The van der Waals surface area contributed by atoms with Gasteiger partial charge in [-0.25, -0.2) is 0 Å². The molecule has 0 aliphatic carbocycles. The van der Waals surface area contributed by atoms with Gasteiger partial charge in [-0.3, -0.25) is 0 Å². The molecule has 4 nitrogen and oxygen atoms in total. The third kappa shape index (κ3) is 14.3. The first-order chi connectivity index (χ1) is 7.21. The molecule has 16 heavy (non-hydrogen) atoms.